The first kappa shape index (κ1) is 13.7. The minimum atomic E-state index is 0.104. The summed E-state index contributed by atoms with van der Waals surface area (Å²) in [5.74, 6) is 2.47. The maximum Gasteiger partial charge on any atom is 0.174 e. The maximum absolute atomic E-state index is 8.44. The van der Waals surface area contributed by atoms with E-state index in [1.807, 2.05) is 30.3 Å². The fourth-order valence-electron chi connectivity index (χ4n) is 2.58. The number of nitrogens with zero attached hydrogens (tertiary/aromatic N) is 1. The molecule has 3 nitrogen and oxygen atoms in total. The molecule has 0 spiro atoms. The van der Waals surface area contributed by atoms with Crippen LogP contribution in [0.15, 0.2) is 24.3 Å². The van der Waals surface area contributed by atoms with E-state index in [0.717, 1.165) is 29.8 Å². The van der Waals surface area contributed by atoms with Crippen molar-refractivity contribution in [2.45, 2.75) is 32.6 Å². The van der Waals surface area contributed by atoms with Crippen LogP contribution < -0.4 is 10.1 Å². The van der Waals surface area contributed by atoms with Crippen molar-refractivity contribution in [1.82, 2.24) is 0 Å². The van der Waals surface area contributed by atoms with Crippen molar-refractivity contribution in [2.75, 3.05) is 18.5 Å². The second kappa shape index (κ2) is 7.04. The lowest BCUT2D eigenvalue weighted by atomic mass is 9.83. The third-order valence-corrected chi connectivity index (χ3v) is 3.89. The second-order valence-corrected chi connectivity index (χ2v) is 5.48. The van der Waals surface area contributed by atoms with Gasteiger partial charge in [0, 0.05) is 12.2 Å². The lowest BCUT2D eigenvalue weighted by molar-refractivity contribution is 0.300. The molecule has 2 rings (SSSR count). The van der Waals surface area contributed by atoms with Crippen LogP contribution in [0, 0.1) is 23.2 Å². The molecule has 0 aliphatic heterocycles. The fourth-order valence-corrected chi connectivity index (χ4v) is 2.58. The molecule has 102 valence electrons. The number of anilines is 1. The quantitative estimate of drug-likeness (QED) is 0.873. The van der Waals surface area contributed by atoms with Gasteiger partial charge < -0.3 is 10.1 Å². The van der Waals surface area contributed by atoms with Crippen LogP contribution in [-0.2, 0) is 0 Å². The lowest BCUT2D eigenvalue weighted by Gasteiger charge is -2.26. The first-order valence-corrected chi connectivity index (χ1v) is 7.11. The average molecular weight is 258 g/mol. The molecule has 1 saturated carbocycles. The van der Waals surface area contributed by atoms with Crippen LogP contribution in [0.25, 0.3) is 0 Å². The summed E-state index contributed by atoms with van der Waals surface area (Å²) in [4.78, 5) is 0. The van der Waals surface area contributed by atoms with E-state index in [-0.39, 0.29) is 6.61 Å². The zero-order chi connectivity index (χ0) is 13.5. The minimum Gasteiger partial charge on any atom is -0.479 e. The Kier molecular flexibility index (Phi) is 5.09. The fraction of sp³-hybridized carbons (Fsp3) is 0.562. The highest BCUT2D eigenvalue weighted by Crippen LogP contribution is 2.28. The third kappa shape index (κ3) is 4.48. The predicted octanol–water partition coefficient (Wildman–Crippen LogP) is 3.83. The largest absolute Gasteiger partial charge is 0.479 e. The summed E-state index contributed by atoms with van der Waals surface area (Å²) < 4.78 is 5.23. The first-order chi connectivity index (χ1) is 9.28. The molecule has 1 aromatic rings. The van der Waals surface area contributed by atoms with Gasteiger partial charge in [-0.15, -0.1) is 0 Å². The van der Waals surface area contributed by atoms with Gasteiger partial charge in [-0.2, -0.15) is 5.26 Å². The molecule has 0 aromatic heterocycles. The molecule has 3 heteroatoms. The Balaban J connectivity index is 1.75. The van der Waals surface area contributed by atoms with Crippen LogP contribution in [0.4, 0.5) is 5.69 Å². The second-order valence-electron chi connectivity index (χ2n) is 5.48. The van der Waals surface area contributed by atoms with Crippen molar-refractivity contribution in [3.05, 3.63) is 24.3 Å². The number of ether oxygens (including phenoxy) is 1. The molecule has 1 aliphatic carbocycles. The Morgan fingerprint density at radius 1 is 1.21 bits per heavy atom. The third-order valence-electron chi connectivity index (χ3n) is 3.89. The van der Waals surface area contributed by atoms with Crippen LogP contribution >= 0.6 is 0 Å². The smallest absolute Gasteiger partial charge is 0.174 e. The standard InChI is InChI=1S/C16H22N2O/c1-13-2-4-14(5-3-13)12-18-15-6-8-16(9-7-15)19-11-10-17/h6-9,13-14,18H,2-5,11-12H2,1H3. The molecule has 0 heterocycles. The number of hydrogen-bond donors (Lipinski definition) is 1. The van der Waals surface area contributed by atoms with E-state index in [1.165, 1.54) is 25.7 Å². The Morgan fingerprint density at radius 2 is 1.89 bits per heavy atom. The van der Waals surface area contributed by atoms with Crippen LogP contribution in [-0.4, -0.2) is 13.2 Å². The van der Waals surface area contributed by atoms with Gasteiger partial charge in [-0.25, -0.2) is 0 Å². The van der Waals surface area contributed by atoms with Gasteiger partial charge in [0.15, 0.2) is 6.61 Å². The normalized spacial score (nSPS) is 22.5. The highest BCUT2D eigenvalue weighted by atomic mass is 16.5. The molecule has 1 fully saturated rings. The van der Waals surface area contributed by atoms with E-state index in [9.17, 15) is 0 Å². The van der Waals surface area contributed by atoms with E-state index in [2.05, 4.69) is 12.2 Å². The predicted molar refractivity (Wildman–Crippen MR) is 77.2 cm³/mol. The maximum atomic E-state index is 8.44. The van der Waals surface area contributed by atoms with Crippen LogP contribution in [0.2, 0.25) is 0 Å². The van der Waals surface area contributed by atoms with Gasteiger partial charge in [0.2, 0.25) is 0 Å². The van der Waals surface area contributed by atoms with Crippen molar-refractivity contribution >= 4 is 5.69 Å². The molecular formula is C16H22N2O. The zero-order valence-corrected chi connectivity index (χ0v) is 11.6. The summed E-state index contributed by atoms with van der Waals surface area (Å²) in [7, 11) is 0. The van der Waals surface area contributed by atoms with Crippen LogP contribution in [0.3, 0.4) is 0 Å². The average Bonchev–Trinajstić information content (AvgIpc) is 2.46. The number of rotatable bonds is 5. The van der Waals surface area contributed by atoms with E-state index in [1.54, 1.807) is 0 Å². The molecule has 0 saturated heterocycles. The monoisotopic (exact) mass is 258 g/mol. The summed E-state index contributed by atoms with van der Waals surface area (Å²) in [5, 5.41) is 11.9. The van der Waals surface area contributed by atoms with Gasteiger partial charge in [-0.3, -0.25) is 0 Å². The summed E-state index contributed by atoms with van der Waals surface area (Å²) in [6.07, 6.45) is 5.43. The molecule has 0 radical (unpaired) electrons. The summed E-state index contributed by atoms with van der Waals surface area (Å²) in [6.45, 7) is 3.52. The van der Waals surface area contributed by atoms with Gasteiger partial charge in [-0.1, -0.05) is 19.8 Å². The molecule has 0 atom stereocenters. The van der Waals surface area contributed by atoms with E-state index < -0.39 is 0 Å². The molecule has 1 N–H and O–H groups in total. The van der Waals surface area contributed by atoms with Crippen LogP contribution in [0.1, 0.15) is 32.6 Å². The van der Waals surface area contributed by atoms with Gasteiger partial charge in [0.05, 0.1) is 0 Å². The molecule has 0 amide bonds. The van der Waals surface area contributed by atoms with Gasteiger partial charge in [0.25, 0.3) is 0 Å². The molecular weight excluding hydrogens is 236 g/mol. The molecule has 19 heavy (non-hydrogen) atoms. The Hall–Kier alpha value is -1.69. The zero-order valence-electron chi connectivity index (χ0n) is 11.6. The van der Waals surface area contributed by atoms with Crippen molar-refractivity contribution in [2.24, 2.45) is 11.8 Å². The number of benzene rings is 1. The molecule has 1 aromatic carbocycles. The Morgan fingerprint density at radius 3 is 2.53 bits per heavy atom. The topological polar surface area (TPSA) is 45.0 Å². The van der Waals surface area contributed by atoms with E-state index >= 15 is 0 Å². The minimum absolute atomic E-state index is 0.104. The molecule has 0 unspecified atom stereocenters. The van der Waals surface area contributed by atoms with Gasteiger partial charge >= 0.3 is 0 Å². The Bertz CT molecular complexity index is 413. The first-order valence-electron chi connectivity index (χ1n) is 7.11. The summed E-state index contributed by atoms with van der Waals surface area (Å²) in [6, 6.07) is 9.80. The Labute approximate surface area is 115 Å². The number of hydrogen-bond acceptors (Lipinski definition) is 3. The van der Waals surface area contributed by atoms with Crippen molar-refractivity contribution in [3.8, 4) is 11.8 Å². The number of nitriles is 1. The lowest BCUT2D eigenvalue weighted by Crippen LogP contribution is -2.20. The summed E-state index contributed by atoms with van der Waals surface area (Å²) >= 11 is 0. The van der Waals surface area contributed by atoms with Gasteiger partial charge in [0.1, 0.15) is 11.8 Å². The van der Waals surface area contributed by atoms with Crippen molar-refractivity contribution < 1.29 is 4.74 Å². The molecule has 1 aliphatic rings. The van der Waals surface area contributed by atoms with Crippen LogP contribution in [0.5, 0.6) is 5.75 Å². The SMILES string of the molecule is CC1CCC(CNc2ccc(OCC#N)cc2)CC1. The van der Waals surface area contributed by atoms with E-state index in [4.69, 9.17) is 10.00 Å². The highest BCUT2D eigenvalue weighted by molar-refractivity contribution is 5.46. The highest BCUT2D eigenvalue weighted by Gasteiger charge is 2.17. The number of nitrogens with one attached hydrogen (secondary N) is 1. The molecule has 0 bridgehead atoms. The van der Waals surface area contributed by atoms with E-state index in [0.29, 0.717) is 0 Å². The summed E-state index contributed by atoms with van der Waals surface area (Å²) in [5.41, 5.74) is 1.13. The van der Waals surface area contributed by atoms with Crippen molar-refractivity contribution in [3.63, 3.8) is 0 Å². The van der Waals surface area contributed by atoms with Gasteiger partial charge in [-0.05, 0) is 48.9 Å². The van der Waals surface area contributed by atoms with Crippen molar-refractivity contribution in [1.29, 1.82) is 5.26 Å².